The van der Waals surface area contributed by atoms with Gasteiger partial charge in [-0.15, -0.1) is 4.91 Å². The summed E-state index contributed by atoms with van der Waals surface area (Å²) in [5.41, 5.74) is 0.280. The molecule has 0 bridgehead atoms. The van der Waals surface area contributed by atoms with E-state index in [-0.39, 0.29) is 17.8 Å². The first-order valence-corrected chi connectivity index (χ1v) is 8.27. The molecule has 4 N–H and O–H groups in total. The second-order valence-corrected chi connectivity index (χ2v) is 6.29. The molecule has 2 rings (SSSR count). The molecule has 0 amide bonds. The molecule has 1 aliphatic rings. The smallest absolute Gasteiger partial charge is 0.335 e. The van der Waals surface area contributed by atoms with E-state index in [2.05, 4.69) is 5.29 Å². The number of nitroso groups, excluding NO2 is 1. The van der Waals surface area contributed by atoms with Gasteiger partial charge in [-0.05, 0) is 12.5 Å². The van der Waals surface area contributed by atoms with Gasteiger partial charge in [0, 0.05) is 26.1 Å². The molecule has 1 saturated heterocycles. The number of aliphatic hydroxyl groups is 3. The maximum atomic E-state index is 12.3. The minimum absolute atomic E-state index is 0.150. The van der Waals surface area contributed by atoms with Crippen LogP contribution in [0.5, 0.6) is 0 Å². The van der Waals surface area contributed by atoms with Crippen molar-refractivity contribution in [3.05, 3.63) is 35.0 Å². The number of carboxylic acid groups (broad SMARTS) is 1. The van der Waals surface area contributed by atoms with E-state index in [1.165, 1.54) is 41.2 Å². The number of aromatic nitrogens is 1. The van der Waals surface area contributed by atoms with Gasteiger partial charge in [-0.25, -0.2) is 4.79 Å². The zero-order valence-electron chi connectivity index (χ0n) is 14.6. The average Bonchev–Trinajstić information content (AvgIpc) is 2.65. The first-order valence-electron chi connectivity index (χ1n) is 8.27. The number of carbonyl (C=O) groups excluding carboxylic acids is 1. The van der Waals surface area contributed by atoms with E-state index in [1.54, 1.807) is 0 Å². The number of aliphatic carboxylic acids is 1. The van der Waals surface area contributed by atoms with E-state index >= 15 is 0 Å². The highest BCUT2D eigenvalue weighted by atomic mass is 16.6. The summed E-state index contributed by atoms with van der Waals surface area (Å²) >= 11 is 0. The molecule has 27 heavy (non-hydrogen) atoms. The third-order valence-electron chi connectivity index (χ3n) is 4.29. The SMILES string of the molecule is CN(CCCC(=O)c1ccc[n+]([C@@H]2O[C@H](C(=O)O)[C@@H](O)[C@H](O)[C@@H]2O)c1)N=O. The van der Waals surface area contributed by atoms with Crippen LogP contribution >= 0.6 is 0 Å². The lowest BCUT2D eigenvalue weighted by Gasteiger charge is -2.35. The van der Waals surface area contributed by atoms with E-state index in [1.807, 2.05) is 0 Å². The molecular weight excluding hydrogens is 362 g/mol. The molecule has 11 nitrogen and oxygen atoms in total. The summed E-state index contributed by atoms with van der Waals surface area (Å²) in [6.45, 7) is 0.316. The number of Topliss-reactive ketones (excluding diaryl/α,β-unsaturated/α-hetero) is 1. The monoisotopic (exact) mass is 384 g/mol. The Bertz CT molecular complexity index is 700. The van der Waals surface area contributed by atoms with Crippen molar-refractivity contribution in [3.8, 4) is 0 Å². The third kappa shape index (κ3) is 4.83. The van der Waals surface area contributed by atoms with E-state index in [4.69, 9.17) is 9.84 Å². The number of aliphatic hydroxyl groups excluding tert-OH is 3. The lowest BCUT2D eigenvalue weighted by Crippen LogP contribution is -2.63. The van der Waals surface area contributed by atoms with E-state index in [0.717, 1.165) is 0 Å². The molecule has 0 aliphatic carbocycles. The van der Waals surface area contributed by atoms with Crippen molar-refractivity contribution in [1.29, 1.82) is 0 Å². The summed E-state index contributed by atoms with van der Waals surface area (Å²) in [5, 5.41) is 42.8. The molecule has 0 aromatic carbocycles. The quantitative estimate of drug-likeness (QED) is 0.183. The molecule has 2 heterocycles. The summed E-state index contributed by atoms with van der Waals surface area (Å²) in [6, 6.07) is 3.05. The van der Waals surface area contributed by atoms with Gasteiger partial charge in [0.15, 0.2) is 30.4 Å². The summed E-state index contributed by atoms with van der Waals surface area (Å²) < 4.78 is 6.49. The van der Waals surface area contributed by atoms with Gasteiger partial charge in [-0.3, -0.25) is 9.80 Å². The number of carbonyl (C=O) groups is 2. The Kier molecular flexibility index (Phi) is 6.91. The highest BCUT2D eigenvalue weighted by molar-refractivity contribution is 5.95. The first kappa shape index (κ1) is 20.8. The van der Waals surface area contributed by atoms with Gasteiger partial charge in [-0.1, -0.05) is 0 Å². The highest BCUT2D eigenvalue weighted by Crippen LogP contribution is 2.25. The molecule has 1 fully saturated rings. The van der Waals surface area contributed by atoms with E-state index < -0.39 is 36.6 Å². The van der Waals surface area contributed by atoms with Crippen LogP contribution in [-0.4, -0.2) is 75.2 Å². The van der Waals surface area contributed by atoms with Crippen molar-refractivity contribution in [3.63, 3.8) is 0 Å². The minimum atomic E-state index is -1.79. The van der Waals surface area contributed by atoms with Crippen molar-refractivity contribution < 1.29 is 39.3 Å². The zero-order chi connectivity index (χ0) is 20.1. The minimum Gasteiger partial charge on any atom is -0.479 e. The molecule has 0 unspecified atom stereocenters. The van der Waals surface area contributed by atoms with Crippen LogP contribution in [0, 0.1) is 4.91 Å². The fourth-order valence-electron chi connectivity index (χ4n) is 2.78. The Balaban J connectivity index is 2.14. The van der Waals surface area contributed by atoms with Crippen LogP contribution in [0.15, 0.2) is 29.8 Å². The zero-order valence-corrected chi connectivity index (χ0v) is 14.6. The van der Waals surface area contributed by atoms with Crippen LogP contribution in [-0.2, 0) is 9.53 Å². The van der Waals surface area contributed by atoms with Gasteiger partial charge in [-0.2, -0.15) is 4.57 Å². The van der Waals surface area contributed by atoms with Gasteiger partial charge >= 0.3 is 5.97 Å². The Labute approximate surface area is 154 Å². The normalized spacial score (nSPS) is 27.8. The number of hydrogen-bond acceptors (Lipinski definition) is 8. The van der Waals surface area contributed by atoms with Crippen LogP contribution in [0.3, 0.4) is 0 Å². The summed E-state index contributed by atoms with van der Waals surface area (Å²) in [7, 11) is 1.49. The largest absolute Gasteiger partial charge is 0.479 e. The number of nitrogens with zero attached hydrogens (tertiary/aromatic N) is 3. The maximum absolute atomic E-state index is 12.3. The standard InChI is InChI=1S/C16H21N3O8/c1-18(17-26)6-3-5-10(20)9-4-2-7-19(8-9)15-13(23)11(21)12(22)14(27-15)16(24)25/h2,4,7-8,11-15,21-23H,3,5-6H2,1H3/p+1/t11-,12-,13-,14-,15+/m0/s1. The maximum Gasteiger partial charge on any atom is 0.335 e. The Hall–Kier alpha value is -2.47. The second kappa shape index (κ2) is 8.95. The van der Waals surface area contributed by atoms with Crippen LogP contribution in [0.4, 0.5) is 0 Å². The number of rotatable bonds is 8. The fraction of sp³-hybridized carbons (Fsp3) is 0.562. The molecule has 1 aliphatic heterocycles. The van der Waals surface area contributed by atoms with E-state index in [0.29, 0.717) is 13.0 Å². The highest BCUT2D eigenvalue weighted by Gasteiger charge is 2.51. The van der Waals surface area contributed by atoms with E-state index in [9.17, 15) is 29.8 Å². The van der Waals surface area contributed by atoms with Crippen molar-refractivity contribution in [2.45, 2.75) is 43.5 Å². The number of ketones is 1. The Morgan fingerprint density at radius 1 is 1.26 bits per heavy atom. The van der Waals surface area contributed by atoms with Gasteiger partial charge in [0.1, 0.15) is 12.2 Å². The molecule has 148 valence electrons. The predicted octanol–water partition coefficient (Wildman–Crippen LogP) is -1.39. The van der Waals surface area contributed by atoms with Crippen LogP contribution in [0.25, 0.3) is 0 Å². The topological polar surface area (TPSA) is 161 Å². The molecule has 5 atom stereocenters. The lowest BCUT2D eigenvalue weighted by atomic mass is 9.97. The summed E-state index contributed by atoms with van der Waals surface area (Å²) in [5.74, 6) is -1.72. The third-order valence-corrected chi connectivity index (χ3v) is 4.29. The van der Waals surface area contributed by atoms with Crippen molar-refractivity contribution in [2.24, 2.45) is 5.29 Å². The lowest BCUT2D eigenvalue weighted by molar-refractivity contribution is -0.777. The van der Waals surface area contributed by atoms with Crippen LogP contribution < -0.4 is 4.57 Å². The predicted molar refractivity (Wildman–Crippen MR) is 88.2 cm³/mol. The molecule has 0 spiro atoms. The molecular formula is C16H22N3O8+. The van der Waals surface area contributed by atoms with Crippen molar-refractivity contribution in [2.75, 3.05) is 13.6 Å². The molecule has 11 heteroatoms. The Morgan fingerprint density at radius 3 is 2.59 bits per heavy atom. The second-order valence-electron chi connectivity index (χ2n) is 6.29. The number of carboxylic acids is 1. The molecule has 0 saturated carbocycles. The van der Waals surface area contributed by atoms with Crippen LogP contribution in [0.1, 0.15) is 29.4 Å². The fourth-order valence-corrected chi connectivity index (χ4v) is 2.78. The molecule has 1 aromatic rings. The number of ether oxygens (including phenoxy) is 1. The Morgan fingerprint density at radius 2 is 1.96 bits per heavy atom. The molecule has 0 radical (unpaired) electrons. The molecule has 1 aromatic heterocycles. The number of hydrogen-bond donors (Lipinski definition) is 4. The van der Waals surface area contributed by atoms with Crippen molar-refractivity contribution >= 4 is 11.8 Å². The first-order chi connectivity index (χ1) is 12.8. The average molecular weight is 384 g/mol. The van der Waals surface area contributed by atoms with Gasteiger partial charge in [0.05, 0.1) is 10.8 Å². The summed E-state index contributed by atoms with van der Waals surface area (Å²) in [4.78, 5) is 33.8. The summed E-state index contributed by atoms with van der Waals surface area (Å²) in [6.07, 6.45) is -4.79. The number of pyridine rings is 1. The van der Waals surface area contributed by atoms with Gasteiger partial charge < -0.3 is 25.2 Å². The van der Waals surface area contributed by atoms with Crippen molar-refractivity contribution in [1.82, 2.24) is 5.01 Å². The van der Waals surface area contributed by atoms with Gasteiger partial charge in [0.2, 0.25) is 0 Å². The van der Waals surface area contributed by atoms with Gasteiger partial charge in [0.25, 0.3) is 6.23 Å². The van der Waals surface area contributed by atoms with Crippen LogP contribution in [0.2, 0.25) is 0 Å².